The van der Waals surface area contributed by atoms with Crippen molar-refractivity contribution in [2.75, 3.05) is 0 Å². The van der Waals surface area contributed by atoms with Crippen LogP contribution < -0.4 is 0 Å². The number of benzene rings is 1. The molecule has 0 fully saturated rings. The summed E-state index contributed by atoms with van der Waals surface area (Å²) < 4.78 is 5.24. The van der Waals surface area contributed by atoms with Gasteiger partial charge in [0.1, 0.15) is 0 Å². The number of pyridine rings is 1. The van der Waals surface area contributed by atoms with Gasteiger partial charge in [0.25, 0.3) is 0 Å². The molecule has 0 unspecified atom stereocenters. The van der Waals surface area contributed by atoms with Gasteiger partial charge in [0.05, 0.1) is 0 Å². The summed E-state index contributed by atoms with van der Waals surface area (Å²) in [5.41, 5.74) is 3.31. The van der Waals surface area contributed by atoms with Gasteiger partial charge in [-0.3, -0.25) is 0 Å². The summed E-state index contributed by atoms with van der Waals surface area (Å²) in [4.78, 5) is 15.1. The fraction of sp³-hybridized carbons (Fsp3) is 0.0667. The molecule has 3 rings (SSSR count). The molecule has 0 saturated heterocycles. The van der Waals surface area contributed by atoms with E-state index in [1.807, 2.05) is 37.3 Å². The van der Waals surface area contributed by atoms with Crippen LogP contribution in [0.25, 0.3) is 22.2 Å². The lowest BCUT2D eigenvalue weighted by Gasteiger charge is -2.06. The Morgan fingerprint density at radius 2 is 2.00 bits per heavy atom. The highest BCUT2D eigenvalue weighted by Gasteiger charge is 2.16. The number of carbonyl (C=O) groups is 1. The van der Waals surface area contributed by atoms with Gasteiger partial charge < -0.3 is 9.52 Å². The fourth-order valence-electron chi connectivity index (χ4n) is 2.18. The molecule has 2 heterocycles. The van der Waals surface area contributed by atoms with E-state index in [1.54, 1.807) is 6.20 Å². The molecule has 0 aliphatic carbocycles. The van der Waals surface area contributed by atoms with Crippen LogP contribution in [0, 0.1) is 6.92 Å². The molecule has 3 aromatic rings. The highest BCUT2D eigenvalue weighted by molar-refractivity contribution is 5.98. The highest BCUT2D eigenvalue weighted by Crippen LogP contribution is 2.32. The van der Waals surface area contributed by atoms with E-state index in [4.69, 9.17) is 9.52 Å². The second-order valence-electron chi connectivity index (χ2n) is 4.32. The number of aryl methyl sites for hydroxylation is 1. The summed E-state index contributed by atoms with van der Waals surface area (Å²) in [6.45, 7) is 1.95. The minimum absolute atomic E-state index is 0.0923. The van der Waals surface area contributed by atoms with E-state index in [2.05, 4.69) is 4.98 Å². The van der Waals surface area contributed by atoms with Gasteiger partial charge in [-0.25, -0.2) is 9.78 Å². The molecule has 4 heteroatoms. The standard InChI is InChI=1S/C15H11NO3/c1-9-8-16-14-11(7-12(19-14)15(17)18)13(9)10-5-3-2-4-6-10/h2-8H,1H3,(H,17,18). The average Bonchev–Trinajstić information content (AvgIpc) is 2.83. The highest BCUT2D eigenvalue weighted by atomic mass is 16.4. The van der Waals surface area contributed by atoms with Gasteiger partial charge in [-0.1, -0.05) is 30.3 Å². The Balaban J connectivity index is 2.34. The zero-order chi connectivity index (χ0) is 13.4. The van der Waals surface area contributed by atoms with Crippen molar-refractivity contribution >= 4 is 17.1 Å². The lowest BCUT2D eigenvalue weighted by Crippen LogP contribution is -1.91. The van der Waals surface area contributed by atoms with Crippen molar-refractivity contribution in [1.29, 1.82) is 0 Å². The number of carboxylic acids is 1. The van der Waals surface area contributed by atoms with Crippen molar-refractivity contribution in [3.8, 4) is 11.1 Å². The monoisotopic (exact) mass is 253 g/mol. The summed E-state index contributed by atoms with van der Waals surface area (Å²) in [6.07, 6.45) is 1.69. The summed E-state index contributed by atoms with van der Waals surface area (Å²) >= 11 is 0. The maximum Gasteiger partial charge on any atom is 0.371 e. The molecule has 0 saturated carbocycles. The van der Waals surface area contributed by atoms with Gasteiger partial charge in [0.2, 0.25) is 11.5 Å². The minimum Gasteiger partial charge on any atom is -0.475 e. The first-order valence-corrected chi connectivity index (χ1v) is 5.84. The molecular weight excluding hydrogens is 242 g/mol. The second kappa shape index (κ2) is 4.24. The number of aromatic nitrogens is 1. The third kappa shape index (κ3) is 1.87. The maximum absolute atomic E-state index is 11.0. The smallest absolute Gasteiger partial charge is 0.371 e. The van der Waals surface area contributed by atoms with Crippen LogP contribution >= 0.6 is 0 Å². The number of furan rings is 1. The molecule has 0 radical (unpaired) electrons. The number of rotatable bonds is 2. The largest absolute Gasteiger partial charge is 0.475 e. The molecule has 1 aromatic carbocycles. The van der Waals surface area contributed by atoms with Gasteiger partial charge in [-0.2, -0.15) is 0 Å². The molecule has 94 valence electrons. The van der Waals surface area contributed by atoms with Crippen molar-refractivity contribution < 1.29 is 14.3 Å². The quantitative estimate of drug-likeness (QED) is 0.759. The van der Waals surface area contributed by atoms with Crippen LogP contribution in [0.3, 0.4) is 0 Å². The van der Waals surface area contributed by atoms with E-state index in [9.17, 15) is 4.79 Å². The Bertz CT molecular complexity index is 760. The van der Waals surface area contributed by atoms with E-state index < -0.39 is 5.97 Å². The van der Waals surface area contributed by atoms with Crippen LogP contribution in [0.15, 0.2) is 47.0 Å². The normalized spacial score (nSPS) is 10.8. The lowest BCUT2D eigenvalue weighted by molar-refractivity contribution is 0.0664. The van der Waals surface area contributed by atoms with Crippen LogP contribution in [0.4, 0.5) is 0 Å². The van der Waals surface area contributed by atoms with E-state index in [0.29, 0.717) is 5.71 Å². The van der Waals surface area contributed by atoms with E-state index in [1.165, 1.54) is 6.07 Å². The molecule has 2 aromatic heterocycles. The topological polar surface area (TPSA) is 63.3 Å². The molecule has 19 heavy (non-hydrogen) atoms. The molecule has 0 aliphatic rings. The Kier molecular flexibility index (Phi) is 2.56. The summed E-state index contributed by atoms with van der Waals surface area (Å²) in [5.74, 6) is -1.18. The Morgan fingerprint density at radius 3 is 2.68 bits per heavy atom. The van der Waals surface area contributed by atoms with Crippen LogP contribution in [-0.4, -0.2) is 16.1 Å². The molecule has 0 atom stereocenters. The van der Waals surface area contributed by atoms with Crippen LogP contribution in [-0.2, 0) is 0 Å². The van der Waals surface area contributed by atoms with Gasteiger partial charge >= 0.3 is 5.97 Å². The summed E-state index contributed by atoms with van der Waals surface area (Å²) in [6, 6.07) is 11.3. The number of hydrogen-bond acceptors (Lipinski definition) is 3. The van der Waals surface area contributed by atoms with Gasteiger partial charge in [0, 0.05) is 17.6 Å². The van der Waals surface area contributed by atoms with Crippen molar-refractivity contribution in [2.24, 2.45) is 0 Å². The third-order valence-corrected chi connectivity index (χ3v) is 3.02. The van der Waals surface area contributed by atoms with Crippen molar-refractivity contribution in [3.63, 3.8) is 0 Å². The van der Waals surface area contributed by atoms with Crippen LogP contribution in [0.1, 0.15) is 16.1 Å². The summed E-state index contributed by atoms with van der Waals surface area (Å²) in [5, 5.41) is 9.72. The first-order valence-electron chi connectivity index (χ1n) is 5.84. The van der Waals surface area contributed by atoms with Crippen LogP contribution in [0.5, 0.6) is 0 Å². The van der Waals surface area contributed by atoms with Crippen LogP contribution in [0.2, 0.25) is 0 Å². The fourth-order valence-corrected chi connectivity index (χ4v) is 2.18. The summed E-state index contributed by atoms with van der Waals surface area (Å²) in [7, 11) is 0. The lowest BCUT2D eigenvalue weighted by atomic mass is 9.99. The van der Waals surface area contributed by atoms with Crippen molar-refractivity contribution in [3.05, 3.63) is 53.9 Å². The Morgan fingerprint density at radius 1 is 1.26 bits per heavy atom. The Labute approximate surface area is 109 Å². The number of hydrogen-bond donors (Lipinski definition) is 1. The predicted molar refractivity (Wildman–Crippen MR) is 71.1 cm³/mol. The first kappa shape index (κ1) is 11.5. The van der Waals surface area contributed by atoms with E-state index >= 15 is 0 Å². The van der Waals surface area contributed by atoms with E-state index in [0.717, 1.165) is 22.1 Å². The Hall–Kier alpha value is -2.62. The number of aromatic carboxylic acids is 1. The minimum atomic E-state index is -1.09. The predicted octanol–water partition coefficient (Wildman–Crippen LogP) is 3.50. The molecule has 0 bridgehead atoms. The number of nitrogens with zero attached hydrogens (tertiary/aromatic N) is 1. The third-order valence-electron chi connectivity index (χ3n) is 3.02. The molecular formula is C15H11NO3. The molecule has 0 amide bonds. The molecule has 0 aliphatic heterocycles. The zero-order valence-corrected chi connectivity index (χ0v) is 10.3. The average molecular weight is 253 g/mol. The van der Waals surface area contributed by atoms with Gasteiger partial charge in [-0.05, 0) is 23.6 Å². The van der Waals surface area contributed by atoms with E-state index in [-0.39, 0.29) is 5.76 Å². The second-order valence-corrected chi connectivity index (χ2v) is 4.32. The number of fused-ring (bicyclic) bond motifs is 1. The molecule has 4 nitrogen and oxygen atoms in total. The first-order chi connectivity index (χ1) is 9.16. The van der Waals surface area contributed by atoms with Crippen molar-refractivity contribution in [2.45, 2.75) is 6.92 Å². The number of carboxylic acid groups (broad SMARTS) is 1. The zero-order valence-electron chi connectivity index (χ0n) is 10.3. The van der Waals surface area contributed by atoms with Gasteiger partial charge in [-0.15, -0.1) is 0 Å². The van der Waals surface area contributed by atoms with Crippen molar-refractivity contribution in [1.82, 2.24) is 4.98 Å². The maximum atomic E-state index is 11.0. The van der Waals surface area contributed by atoms with Gasteiger partial charge in [0.15, 0.2) is 0 Å². The molecule has 1 N–H and O–H groups in total. The molecule has 0 spiro atoms. The SMILES string of the molecule is Cc1cnc2oc(C(=O)O)cc2c1-c1ccccc1.